The van der Waals surface area contributed by atoms with Gasteiger partial charge in [0.15, 0.2) is 5.82 Å². The number of alkyl halides is 6. The molecule has 2 amide bonds. The minimum absolute atomic E-state index is 0.0257. The molecule has 2 unspecified atom stereocenters. The van der Waals surface area contributed by atoms with Crippen molar-refractivity contribution in [3.05, 3.63) is 23.3 Å². The van der Waals surface area contributed by atoms with Crippen LogP contribution in [0.1, 0.15) is 55.9 Å². The largest absolute Gasteiger partial charge is 0.471 e. The zero-order valence-electron chi connectivity index (χ0n) is 18.1. The summed E-state index contributed by atoms with van der Waals surface area (Å²) in [6.45, 7) is 4.64. The predicted octanol–water partition coefficient (Wildman–Crippen LogP) is 3.07. The third kappa shape index (κ3) is 8.26. The van der Waals surface area contributed by atoms with Crippen LogP contribution in [-0.2, 0) is 19.1 Å². The van der Waals surface area contributed by atoms with Crippen molar-refractivity contribution in [3.63, 3.8) is 0 Å². The molecule has 0 saturated carbocycles. The van der Waals surface area contributed by atoms with Gasteiger partial charge in [0, 0.05) is 11.4 Å². The first-order chi connectivity index (χ1) is 15.1. The number of nitrogens with zero attached hydrogens (tertiary/aromatic N) is 3. The van der Waals surface area contributed by atoms with Crippen molar-refractivity contribution in [1.82, 2.24) is 14.9 Å². The quantitative estimate of drug-likeness (QED) is 0.324. The number of amides is 2. The van der Waals surface area contributed by atoms with Crippen molar-refractivity contribution in [1.29, 1.82) is 0 Å². The van der Waals surface area contributed by atoms with Gasteiger partial charge in [-0.3, -0.25) is 19.3 Å². The number of carbonyl (C=O) groups is 3. The van der Waals surface area contributed by atoms with E-state index in [4.69, 9.17) is 10.5 Å². The van der Waals surface area contributed by atoms with E-state index >= 15 is 0 Å². The number of nitrogens with two attached hydrogens (primary N) is 1. The number of halogens is 6. The number of ether oxygens (including phenoxy) is 1. The van der Waals surface area contributed by atoms with Crippen molar-refractivity contribution in [3.8, 4) is 0 Å². The Morgan fingerprint density at radius 2 is 1.48 bits per heavy atom. The fourth-order valence-corrected chi connectivity index (χ4v) is 2.80. The van der Waals surface area contributed by atoms with Crippen LogP contribution in [0.15, 0.2) is 6.07 Å². The average molecular weight is 486 g/mol. The molecule has 1 rings (SSSR count). The van der Waals surface area contributed by atoms with Crippen LogP contribution in [0.5, 0.6) is 0 Å². The summed E-state index contributed by atoms with van der Waals surface area (Å²) < 4.78 is 83.7. The van der Waals surface area contributed by atoms with Crippen molar-refractivity contribution < 1.29 is 45.5 Å². The molecule has 14 heteroatoms. The van der Waals surface area contributed by atoms with Crippen LogP contribution in [-0.4, -0.2) is 57.7 Å². The molecule has 0 radical (unpaired) electrons. The van der Waals surface area contributed by atoms with E-state index in [1.807, 2.05) is 6.92 Å². The highest BCUT2D eigenvalue weighted by atomic mass is 19.4. The predicted molar refractivity (Wildman–Crippen MR) is 101 cm³/mol. The lowest BCUT2D eigenvalue weighted by molar-refractivity contribution is -0.207. The van der Waals surface area contributed by atoms with Gasteiger partial charge in [-0.15, -0.1) is 0 Å². The number of aromatic nitrogens is 2. The average Bonchev–Trinajstić information content (AvgIpc) is 2.67. The zero-order chi connectivity index (χ0) is 25.6. The molecule has 1 aromatic rings. The Kier molecular flexibility index (Phi) is 9.75. The second-order valence-electron chi connectivity index (χ2n) is 7.21. The van der Waals surface area contributed by atoms with E-state index in [2.05, 4.69) is 9.97 Å². The zero-order valence-corrected chi connectivity index (χ0v) is 18.1. The first-order valence-electron chi connectivity index (χ1n) is 9.85. The maximum absolute atomic E-state index is 13.1. The lowest BCUT2D eigenvalue weighted by atomic mass is 10.0. The highest BCUT2D eigenvalue weighted by Crippen LogP contribution is 2.33. The van der Waals surface area contributed by atoms with Crippen LogP contribution in [0, 0.1) is 13.8 Å². The molecule has 1 heterocycles. The molecule has 0 aliphatic carbocycles. The lowest BCUT2D eigenvalue weighted by Gasteiger charge is -2.31. The number of unbranched alkanes of at least 4 members (excludes halogenated alkanes) is 1. The summed E-state index contributed by atoms with van der Waals surface area (Å²) in [5, 5.41) is 0. The summed E-state index contributed by atoms with van der Waals surface area (Å²) in [7, 11) is 0. The maximum atomic E-state index is 13.1. The number of esters is 1. The molecule has 0 fully saturated rings. The van der Waals surface area contributed by atoms with Crippen molar-refractivity contribution in [2.45, 2.75) is 70.9 Å². The van der Waals surface area contributed by atoms with Gasteiger partial charge in [0.2, 0.25) is 0 Å². The number of rotatable bonds is 9. The number of aryl methyl sites for hydroxylation is 2. The summed E-state index contributed by atoms with van der Waals surface area (Å²) in [6.07, 6.45) is -11.7. The third-order valence-corrected chi connectivity index (χ3v) is 4.33. The molecule has 0 aromatic carbocycles. The van der Waals surface area contributed by atoms with E-state index in [0.717, 1.165) is 0 Å². The van der Waals surface area contributed by atoms with Gasteiger partial charge in [-0.1, -0.05) is 13.3 Å². The van der Waals surface area contributed by atoms with Crippen LogP contribution < -0.4 is 5.73 Å². The Hall–Kier alpha value is -2.77. The summed E-state index contributed by atoms with van der Waals surface area (Å²) >= 11 is 0. The van der Waals surface area contributed by atoms with Crippen molar-refractivity contribution in [2.75, 3.05) is 6.61 Å². The molecule has 8 nitrogen and oxygen atoms in total. The second-order valence-corrected chi connectivity index (χ2v) is 7.21. The first kappa shape index (κ1) is 28.3. The Labute approximate surface area is 185 Å². The van der Waals surface area contributed by atoms with Crippen LogP contribution >= 0.6 is 0 Å². The van der Waals surface area contributed by atoms with E-state index in [9.17, 15) is 40.7 Å². The fraction of sp³-hybridized carbons (Fsp3) is 0.632. The number of imide groups is 1. The summed E-state index contributed by atoms with van der Waals surface area (Å²) in [4.78, 5) is 42.4. The van der Waals surface area contributed by atoms with E-state index in [0.29, 0.717) is 12.8 Å². The second kappa shape index (κ2) is 11.4. The third-order valence-electron chi connectivity index (χ3n) is 4.33. The van der Waals surface area contributed by atoms with E-state index < -0.39 is 65.8 Å². The normalized spacial score (nSPS) is 13.9. The van der Waals surface area contributed by atoms with Crippen LogP contribution in [0.25, 0.3) is 0 Å². The Morgan fingerprint density at radius 3 is 1.91 bits per heavy atom. The highest BCUT2D eigenvalue weighted by molar-refractivity contribution is 6.00. The summed E-state index contributed by atoms with van der Waals surface area (Å²) in [5.74, 6) is -7.65. The molecular formula is C19H24F6N4O4. The Morgan fingerprint density at radius 1 is 1.00 bits per heavy atom. The molecular weight excluding hydrogens is 462 g/mol. The number of carbonyl (C=O) groups excluding carboxylic acids is 3. The smallest absolute Gasteiger partial charge is 0.465 e. The molecule has 186 valence electrons. The number of hydrogen-bond acceptors (Lipinski definition) is 7. The highest BCUT2D eigenvalue weighted by Gasteiger charge is 2.55. The van der Waals surface area contributed by atoms with Gasteiger partial charge in [0.05, 0.1) is 6.61 Å². The maximum Gasteiger partial charge on any atom is 0.471 e. The van der Waals surface area contributed by atoms with Gasteiger partial charge < -0.3 is 10.5 Å². The van der Waals surface area contributed by atoms with Gasteiger partial charge in [-0.2, -0.15) is 26.3 Å². The Bertz CT molecular complexity index is 813. The molecule has 0 aliphatic heterocycles. The topological polar surface area (TPSA) is 115 Å². The Balaban J connectivity index is 3.40. The van der Waals surface area contributed by atoms with Crippen LogP contribution in [0.4, 0.5) is 26.3 Å². The molecule has 2 atom stereocenters. The van der Waals surface area contributed by atoms with E-state index in [-0.39, 0.29) is 18.0 Å². The SMILES string of the molecule is CCCCOC(=O)C(N)CCC(c1nc(C)cc(C)n1)N(C(=O)C(F)(F)F)C(=O)C(F)(F)F. The van der Waals surface area contributed by atoms with Crippen molar-refractivity contribution >= 4 is 17.8 Å². The molecule has 0 spiro atoms. The summed E-state index contributed by atoms with van der Waals surface area (Å²) in [5.41, 5.74) is 6.00. The van der Waals surface area contributed by atoms with Crippen molar-refractivity contribution in [2.24, 2.45) is 5.73 Å². The number of hydrogen-bond donors (Lipinski definition) is 1. The fourth-order valence-electron chi connectivity index (χ4n) is 2.80. The van der Waals surface area contributed by atoms with Gasteiger partial charge in [-0.05, 0) is 39.2 Å². The standard InChI is InChI=1S/C19H24F6N4O4/c1-4-5-8-33-15(30)12(26)6-7-13(14-27-10(2)9-11(3)28-14)29(16(31)18(20,21)22)17(32)19(23,24)25/h9,12-13H,4-8,26H2,1-3H3. The summed E-state index contributed by atoms with van der Waals surface area (Å²) in [6, 6.07) is -2.24. The van der Waals surface area contributed by atoms with Gasteiger partial charge in [0.25, 0.3) is 0 Å². The monoisotopic (exact) mass is 486 g/mol. The molecule has 33 heavy (non-hydrogen) atoms. The van der Waals surface area contributed by atoms with Crippen LogP contribution in [0.2, 0.25) is 0 Å². The van der Waals surface area contributed by atoms with E-state index in [1.165, 1.54) is 19.9 Å². The van der Waals surface area contributed by atoms with Gasteiger partial charge in [0.1, 0.15) is 12.1 Å². The van der Waals surface area contributed by atoms with Gasteiger partial charge in [-0.25, -0.2) is 9.97 Å². The van der Waals surface area contributed by atoms with Gasteiger partial charge >= 0.3 is 30.1 Å². The molecule has 0 bridgehead atoms. The molecule has 2 N–H and O–H groups in total. The molecule has 1 aromatic heterocycles. The minimum atomic E-state index is -5.81. The van der Waals surface area contributed by atoms with Crippen LogP contribution in [0.3, 0.4) is 0 Å². The lowest BCUT2D eigenvalue weighted by Crippen LogP contribution is -2.52. The molecule has 0 aliphatic rings. The molecule has 0 saturated heterocycles. The first-order valence-corrected chi connectivity index (χ1v) is 9.85. The minimum Gasteiger partial charge on any atom is -0.465 e. The van der Waals surface area contributed by atoms with E-state index in [1.54, 1.807) is 0 Å².